The van der Waals surface area contributed by atoms with Crippen LogP contribution in [0.1, 0.15) is 12.5 Å². The van der Waals surface area contributed by atoms with Gasteiger partial charge in [0, 0.05) is 11.1 Å². The maximum absolute atomic E-state index is 12.7. The Labute approximate surface area is 221 Å². The van der Waals surface area contributed by atoms with Crippen LogP contribution < -0.4 is 14.4 Å². The Kier molecular flexibility index (Phi) is 7.09. The fourth-order valence-electron chi connectivity index (χ4n) is 4.37. The summed E-state index contributed by atoms with van der Waals surface area (Å²) < 4.78 is 16.1. The molecular formula is C31H28N2O5. The summed E-state index contributed by atoms with van der Waals surface area (Å²) in [5.74, 6) is 0.536. The molecule has 1 aliphatic heterocycles. The third-order valence-corrected chi connectivity index (χ3v) is 6.39. The topological polar surface area (TPSA) is 78.0 Å². The van der Waals surface area contributed by atoms with Gasteiger partial charge < -0.3 is 14.2 Å². The van der Waals surface area contributed by atoms with E-state index in [0.29, 0.717) is 11.4 Å². The van der Waals surface area contributed by atoms with Crippen LogP contribution >= 0.6 is 0 Å². The molecule has 0 radical (unpaired) electrons. The Morgan fingerprint density at radius 1 is 0.895 bits per heavy atom. The van der Waals surface area contributed by atoms with Crippen LogP contribution in [0.15, 0.2) is 78.9 Å². The molecule has 0 bridgehead atoms. The van der Waals surface area contributed by atoms with Gasteiger partial charge in [0.05, 0.1) is 30.8 Å². The number of esters is 1. The maximum atomic E-state index is 12.7. The molecule has 192 valence electrons. The number of methoxy groups -OCH3 is 1. The van der Waals surface area contributed by atoms with Crippen molar-refractivity contribution in [2.45, 2.75) is 13.8 Å². The minimum Gasteiger partial charge on any atom is -0.497 e. The van der Waals surface area contributed by atoms with Crippen LogP contribution in [-0.2, 0) is 14.3 Å². The first-order valence-electron chi connectivity index (χ1n) is 12.4. The predicted molar refractivity (Wildman–Crippen MR) is 146 cm³/mol. The lowest BCUT2D eigenvalue weighted by Crippen LogP contribution is -2.42. The standard InChI is InChI=1S/C31H28N2O5/c1-4-37-31(35)18-33-28-17-23(11-14-29(28)38-19-30(33)34)27-16-24(21-9-12-25(36-3)13-10-21)15-26(32-27)22-7-5-20(2)6-8-22/h5-17H,4,18-19H2,1-3H3. The van der Waals surface area contributed by atoms with Gasteiger partial charge in [-0.05, 0) is 67.4 Å². The Morgan fingerprint density at radius 3 is 2.24 bits per heavy atom. The number of hydrogen-bond acceptors (Lipinski definition) is 6. The summed E-state index contributed by atoms with van der Waals surface area (Å²) in [6, 6.07) is 25.7. The number of carbonyl (C=O) groups excluding carboxylic acids is 2. The molecule has 0 saturated heterocycles. The molecule has 2 heterocycles. The van der Waals surface area contributed by atoms with E-state index in [1.54, 1.807) is 14.0 Å². The molecule has 7 heteroatoms. The van der Waals surface area contributed by atoms with Crippen LogP contribution in [0.25, 0.3) is 33.6 Å². The van der Waals surface area contributed by atoms with E-state index in [0.717, 1.165) is 39.4 Å². The first-order valence-corrected chi connectivity index (χ1v) is 12.4. The Balaban J connectivity index is 1.61. The number of amides is 1. The van der Waals surface area contributed by atoms with E-state index in [4.69, 9.17) is 19.2 Å². The van der Waals surface area contributed by atoms with Gasteiger partial charge in [-0.2, -0.15) is 0 Å². The molecule has 3 aromatic carbocycles. The van der Waals surface area contributed by atoms with Gasteiger partial charge in [-0.25, -0.2) is 4.98 Å². The Morgan fingerprint density at radius 2 is 1.55 bits per heavy atom. The highest BCUT2D eigenvalue weighted by molar-refractivity contribution is 6.02. The molecule has 1 aliphatic rings. The summed E-state index contributed by atoms with van der Waals surface area (Å²) in [5.41, 5.74) is 7.02. The molecule has 1 amide bonds. The van der Waals surface area contributed by atoms with Gasteiger partial charge in [0.2, 0.25) is 0 Å². The van der Waals surface area contributed by atoms with Crippen LogP contribution in [0.3, 0.4) is 0 Å². The summed E-state index contributed by atoms with van der Waals surface area (Å²) in [6.45, 7) is 3.72. The lowest BCUT2D eigenvalue weighted by molar-refractivity contribution is -0.142. The molecule has 0 unspecified atom stereocenters. The summed E-state index contributed by atoms with van der Waals surface area (Å²) in [4.78, 5) is 31.3. The number of anilines is 1. The number of aryl methyl sites for hydroxylation is 1. The van der Waals surface area contributed by atoms with E-state index in [-0.39, 0.29) is 25.7 Å². The van der Waals surface area contributed by atoms with Crippen LogP contribution in [0.5, 0.6) is 11.5 Å². The summed E-state index contributed by atoms with van der Waals surface area (Å²) in [7, 11) is 1.64. The van der Waals surface area contributed by atoms with Crippen LogP contribution in [0.4, 0.5) is 5.69 Å². The van der Waals surface area contributed by atoms with Crippen LogP contribution in [0, 0.1) is 6.92 Å². The second-order valence-electron chi connectivity index (χ2n) is 8.98. The minimum absolute atomic E-state index is 0.130. The van der Waals surface area contributed by atoms with Crippen molar-refractivity contribution in [1.82, 2.24) is 4.98 Å². The zero-order chi connectivity index (χ0) is 26.6. The van der Waals surface area contributed by atoms with Crippen molar-refractivity contribution in [3.8, 4) is 45.1 Å². The van der Waals surface area contributed by atoms with Crippen molar-refractivity contribution in [2.24, 2.45) is 0 Å². The normalized spacial score (nSPS) is 12.5. The number of rotatable bonds is 7. The van der Waals surface area contributed by atoms with Crippen molar-refractivity contribution < 1.29 is 23.8 Å². The molecule has 0 N–H and O–H groups in total. The smallest absolute Gasteiger partial charge is 0.326 e. The Bertz CT molecular complexity index is 1480. The molecule has 0 aliphatic carbocycles. The fraction of sp³-hybridized carbons (Fsp3) is 0.194. The van der Waals surface area contributed by atoms with Gasteiger partial charge >= 0.3 is 5.97 Å². The first-order chi connectivity index (χ1) is 18.4. The van der Waals surface area contributed by atoms with E-state index in [2.05, 4.69) is 37.3 Å². The third kappa shape index (κ3) is 5.22. The molecule has 0 fully saturated rings. The van der Waals surface area contributed by atoms with Gasteiger partial charge in [-0.1, -0.05) is 42.0 Å². The number of ether oxygens (including phenoxy) is 3. The molecule has 0 spiro atoms. The third-order valence-electron chi connectivity index (χ3n) is 6.39. The lowest BCUT2D eigenvalue weighted by atomic mass is 9.99. The number of aromatic nitrogens is 1. The zero-order valence-corrected chi connectivity index (χ0v) is 21.6. The summed E-state index contributed by atoms with van der Waals surface area (Å²) in [5, 5.41) is 0. The second-order valence-corrected chi connectivity index (χ2v) is 8.98. The van der Waals surface area contributed by atoms with Gasteiger partial charge in [0.25, 0.3) is 5.91 Å². The van der Waals surface area contributed by atoms with Crippen LogP contribution in [0.2, 0.25) is 0 Å². The minimum atomic E-state index is -0.472. The molecular weight excluding hydrogens is 480 g/mol. The largest absolute Gasteiger partial charge is 0.497 e. The van der Waals surface area contributed by atoms with Crippen molar-refractivity contribution in [3.63, 3.8) is 0 Å². The van der Waals surface area contributed by atoms with E-state index >= 15 is 0 Å². The van der Waals surface area contributed by atoms with E-state index in [1.807, 2.05) is 48.5 Å². The molecule has 38 heavy (non-hydrogen) atoms. The van der Waals surface area contributed by atoms with Gasteiger partial charge in [-0.3, -0.25) is 14.5 Å². The number of pyridine rings is 1. The molecule has 4 aromatic rings. The molecule has 7 nitrogen and oxygen atoms in total. The number of benzene rings is 3. The monoisotopic (exact) mass is 508 g/mol. The number of nitrogens with zero attached hydrogens (tertiary/aromatic N) is 2. The highest BCUT2D eigenvalue weighted by Gasteiger charge is 2.28. The number of carbonyl (C=O) groups is 2. The maximum Gasteiger partial charge on any atom is 0.326 e. The van der Waals surface area contributed by atoms with Gasteiger partial charge in [-0.15, -0.1) is 0 Å². The van der Waals surface area contributed by atoms with Crippen LogP contribution in [-0.4, -0.2) is 43.7 Å². The number of fused-ring (bicyclic) bond motifs is 1. The number of hydrogen-bond donors (Lipinski definition) is 0. The van der Waals surface area contributed by atoms with Crippen molar-refractivity contribution >= 4 is 17.6 Å². The van der Waals surface area contributed by atoms with E-state index in [1.165, 1.54) is 10.5 Å². The molecule has 0 atom stereocenters. The molecule has 5 rings (SSSR count). The van der Waals surface area contributed by atoms with Gasteiger partial charge in [0.15, 0.2) is 6.61 Å². The highest BCUT2D eigenvalue weighted by Crippen LogP contribution is 2.37. The van der Waals surface area contributed by atoms with E-state index < -0.39 is 5.97 Å². The average Bonchev–Trinajstić information content (AvgIpc) is 2.94. The van der Waals surface area contributed by atoms with Crippen molar-refractivity contribution in [1.29, 1.82) is 0 Å². The quantitative estimate of drug-likeness (QED) is 0.299. The van der Waals surface area contributed by atoms with Crippen molar-refractivity contribution in [2.75, 3.05) is 31.8 Å². The summed E-state index contributed by atoms with van der Waals surface area (Å²) in [6.07, 6.45) is 0. The lowest BCUT2D eigenvalue weighted by Gasteiger charge is -2.29. The Hall–Kier alpha value is -4.65. The van der Waals surface area contributed by atoms with Gasteiger partial charge in [0.1, 0.15) is 18.0 Å². The zero-order valence-electron chi connectivity index (χ0n) is 21.6. The summed E-state index contributed by atoms with van der Waals surface area (Å²) >= 11 is 0. The molecule has 0 saturated carbocycles. The SMILES string of the molecule is CCOC(=O)CN1C(=O)COc2ccc(-c3cc(-c4ccc(OC)cc4)cc(-c4ccc(C)cc4)n3)cc21. The second kappa shape index (κ2) is 10.8. The first kappa shape index (κ1) is 25.0. The predicted octanol–water partition coefficient (Wildman–Crippen LogP) is 5.69. The van der Waals surface area contributed by atoms with Crippen molar-refractivity contribution in [3.05, 3.63) is 84.4 Å². The van der Waals surface area contributed by atoms with E-state index in [9.17, 15) is 9.59 Å². The fourth-order valence-corrected chi connectivity index (χ4v) is 4.37. The highest BCUT2D eigenvalue weighted by atomic mass is 16.5. The average molecular weight is 509 g/mol. The molecule has 1 aromatic heterocycles.